The normalized spacial score (nSPS) is 20.4. The average Bonchev–Trinajstić information content (AvgIpc) is 2.85. The van der Waals surface area contributed by atoms with Crippen LogP contribution in [0.25, 0.3) is 0 Å². The molecule has 0 heterocycles. The van der Waals surface area contributed by atoms with Gasteiger partial charge in [-0.3, -0.25) is 0 Å². The first kappa shape index (κ1) is 18.2. The van der Waals surface area contributed by atoms with Crippen molar-refractivity contribution in [2.24, 2.45) is 5.92 Å². The standard InChI is InChI=1S/C12H19F3O5S/c1-2-11(10(16)17,8-7-9-5-3-4-6-9)20-21(18,19)12(13,14)15/h9H,2-8H2,1H3,(H,16,17)/t11-/m1/s1. The smallest absolute Gasteiger partial charge is 0.479 e. The van der Waals surface area contributed by atoms with Gasteiger partial charge < -0.3 is 5.11 Å². The predicted molar refractivity (Wildman–Crippen MR) is 67.9 cm³/mol. The Hall–Kier alpha value is -0.830. The molecule has 1 aliphatic rings. The lowest BCUT2D eigenvalue weighted by molar-refractivity contribution is -0.158. The minimum absolute atomic E-state index is 0.215. The van der Waals surface area contributed by atoms with E-state index in [1.807, 2.05) is 0 Å². The van der Waals surface area contributed by atoms with Gasteiger partial charge in [0.1, 0.15) is 0 Å². The highest BCUT2D eigenvalue weighted by molar-refractivity contribution is 7.87. The first-order valence-corrected chi connectivity index (χ1v) is 8.20. The van der Waals surface area contributed by atoms with E-state index in [9.17, 15) is 26.4 Å². The molecular formula is C12H19F3O5S. The summed E-state index contributed by atoms with van der Waals surface area (Å²) in [6.07, 6.45) is 3.49. The number of alkyl halides is 3. The van der Waals surface area contributed by atoms with Crippen LogP contribution in [0.4, 0.5) is 13.2 Å². The van der Waals surface area contributed by atoms with Gasteiger partial charge in [0.15, 0.2) is 5.60 Å². The Kier molecular flexibility index (Phi) is 5.65. The van der Waals surface area contributed by atoms with Crippen LogP contribution in [0, 0.1) is 5.92 Å². The second-order valence-corrected chi connectivity index (χ2v) is 6.86. The van der Waals surface area contributed by atoms with E-state index in [-0.39, 0.29) is 18.8 Å². The van der Waals surface area contributed by atoms with E-state index in [0.29, 0.717) is 6.42 Å². The molecule has 1 saturated carbocycles. The molecule has 9 heteroatoms. The lowest BCUT2D eigenvalue weighted by atomic mass is 9.89. The number of carboxylic acids is 1. The molecule has 0 spiro atoms. The van der Waals surface area contributed by atoms with Gasteiger partial charge in [-0.1, -0.05) is 32.6 Å². The van der Waals surface area contributed by atoms with E-state index < -0.39 is 27.2 Å². The van der Waals surface area contributed by atoms with Crippen LogP contribution in [0.2, 0.25) is 0 Å². The predicted octanol–water partition coefficient (Wildman–Crippen LogP) is 3.06. The number of rotatable bonds is 7. The van der Waals surface area contributed by atoms with Gasteiger partial charge in [-0.25, -0.2) is 8.98 Å². The Morgan fingerprint density at radius 2 is 1.81 bits per heavy atom. The van der Waals surface area contributed by atoms with Gasteiger partial charge in [0, 0.05) is 0 Å². The number of carboxylic acid groups (broad SMARTS) is 1. The topological polar surface area (TPSA) is 80.7 Å². The quantitative estimate of drug-likeness (QED) is 0.572. The van der Waals surface area contributed by atoms with Crippen molar-refractivity contribution in [2.75, 3.05) is 0 Å². The summed E-state index contributed by atoms with van der Waals surface area (Å²) < 4.78 is 63.5. The maximum Gasteiger partial charge on any atom is 0.523 e. The summed E-state index contributed by atoms with van der Waals surface area (Å²) in [5.41, 5.74) is -7.98. The van der Waals surface area contributed by atoms with Crippen LogP contribution >= 0.6 is 0 Å². The van der Waals surface area contributed by atoms with Gasteiger partial charge in [0.2, 0.25) is 0 Å². The second-order valence-electron chi connectivity index (χ2n) is 5.33. The first-order chi connectivity index (χ1) is 9.54. The van der Waals surface area contributed by atoms with E-state index in [0.717, 1.165) is 25.7 Å². The number of aliphatic carboxylic acids is 1. The largest absolute Gasteiger partial charge is 0.523 e. The van der Waals surface area contributed by atoms with Gasteiger partial charge in [0.25, 0.3) is 0 Å². The zero-order valence-electron chi connectivity index (χ0n) is 11.6. The van der Waals surface area contributed by atoms with Crippen molar-refractivity contribution in [3.05, 3.63) is 0 Å². The Labute approximate surface area is 121 Å². The van der Waals surface area contributed by atoms with Gasteiger partial charge in [-0.2, -0.15) is 21.6 Å². The SMILES string of the molecule is CC[C@](CCC1CCCC1)(OS(=O)(=O)C(F)(F)F)C(=O)O. The number of hydrogen-bond donors (Lipinski definition) is 1. The third-order valence-electron chi connectivity index (χ3n) is 3.94. The van der Waals surface area contributed by atoms with E-state index in [1.54, 1.807) is 0 Å². The highest BCUT2D eigenvalue weighted by Crippen LogP contribution is 2.36. The fourth-order valence-corrected chi connectivity index (χ4v) is 3.35. The van der Waals surface area contributed by atoms with Gasteiger partial charge in [-0.15, -0.1) is 0 Å². The van der Waals surface area contributed by atoms with Gasteiger partial charge >= 0.3 is 21.6 Å². The Morgan fingerprint density at radius 1 is 1.29 bits per heavy atom. The monoisotopic (exact) mass is 332 g/mol. The van der Waals surface area contributed by atoms with Gasteiger partial charge in [-0.05, 0) is 25.2 Å². The Morgan fingerprint density at radius 3 is 2.19 bits per heavy atom. The molecule has 0 saturated heterocycles. The van der Waals surface area contributed by atoms with Crippen LogP contribution in [-0.4, -0.2) is 30.6 Å². The van der Waals surface area contributed by atoms with Crippen molar-refractivity contribution in [1.82, 2.24) is 0 Å². The van der Waals surface area contributed by atoms with Crippen LogP contribution in [-0.2, 0) is 19.1 Å². The molecule has 0 aromatic carbocycles. The molecule has 0 aromatic heterocycles. The molecule has 1 aliphatic carbocycles. The molecule has 1 atom stereocenters. The maximum absolute atomic E-state index is 12.4. The molecule has 1 rings (SSSR count). The molecule has 21 heavy (non-hydrogen) atoms. The zero-order chi connectivity index (χ0) is 16.3. The summed E-state index contributed by atoms with van der Waals surface area (Å²) in [6.45, 7) is 1.30. The summed E-state index contributed by atoms with van der Waals surface area (Å²) in [5, 5.41) is 9.17. The van der Waals surface area contributed by atoms with Crippen molar-refractivity contribution in [1.29, 1.82) is 0 Å². The molecular weight excluding hydrogens is 313 g/mol. The van der Waals surface area contributed by atoms with Crippen molar-refractivity contribution in [3.8, 4) is 0 Å². The molecule has 0 aromatic rings. The zero-order valence-corrected chi connectivity index (χ0v) is 12.5. The summed E-state index contributed by atoms with van der Waals surface area (Å²) in [5.74, 6) is -1.47. The fourth-order valence-electron chi connectivity index (χ4n) is 2.56. The van der Waals surface area contributed by atoms with Crippen molar-refractivity contribution >= 4 is 16.1 Å². The molecule has 1 N–H and O–H groups in total. The lowest BCUT2D eigenvalue weighted by Crippen LogP contribution is -2.46. The highest BCUT2D eigenvalue weighted by atomic mass is 32.2. The molecule has 1 fully saturated rings. The van der Waals surface area contributed by atoms with Crippen molar-refractivity contribution < 1.29 is 35.7 Å². The second kappa shape index (κ2) is 6.51. The average molecular weight is 332 g/mol. The molecule has 0 amide bonds. The lowest BCUT2D eigenvalue weighted by Gasteiger charge is -2.29. The molecule has 0 unspecified atom stereocenters. The Balaban J connectivity index is 2.90. The summed E-state index contributed by atoms with van der Waals surface area (Å²) in [4.78, 5) is 11.3. The minimum Gasteiger partial charge on any atom is -0.479 e. The third-order valence-corrected chi connectivity index (χ3v) is 5.05. The van der Waals surface area contributed by atoms with Crippen LogP contribution in [0.15, 0.2) is 0 Å². The molecule has 0 radical (unpaired) electrons. The van der Waals surface area contributed by atoms with Crippen LogP contribution in [0.3, 0.4) is 0 Å². The fraction of sp³-hybridized carbons (Fsp3) is 0.917. The molecule has 0 bridgehead atoms. The minimum atomic E-state index is -5.94. The van der Waals surface area contributed by atoms with Crippen molar-refractivity contribution in [3.63, 3.8) is 0 Å². The summed E-state index contributed by atoms with van der Waals surface area (Å²) in [7, 11) is -5.94. The van der Waals surface area contributed by atoms with Crippen LogP contribution < -0.4 is 0 Å². The Bertz CT molecular complexity index is 468. The van der Waals surface area contributed by atoms with E-state index in [1.165, 1.54) is 6.92 Å². The van der Waals surface area contributed by atoms with Gasteiger partial charge in [0.05, 0.1) is 0 Å². The molecule has 5 nitrogen and oxygen atoms in total. The van der Waals surface area contributed by atoms with E-state index >= 15 is 0 Å². The first-order valence-electron chi connectivity index (χ1n) is 6.79. The van der Waals surface area contributed by atoms with E-state index in [4.69, 9.17) is 5.11 Å². The summed E-state index contributed by atoms with van der Waals surface area (Å²) in [6, 6.07) is 0. The maximum atomic E-state index is 12.4. The van der Waals surface area contributed by atoms with E-state index in [2.05, 4.69) is 4.18 Å². The summed E-state index contributed by atoms with van der Waals surface area (Å²) >= 11 is 0. The number of hydrogen-bond acceptors (Lipinski definition) is 4. The molecule has 124 valence electrons. The number of halogens is 3. The highest BCUT2D eigenvalue weighted by Gasteiger charge is 2.54. The third kappa shape index (κ3) is 4.32. The van der Waals surface area contributed by atoms with Crippen molar-refractivity contribution in [2.45, 2.75) is 63.0 Å². The molecule has 0 aliphatic heterocycles. The number of carbonyl (C=O) groups is 1. The van der Waals surface area contributed by atoms with Crippen LogP contribution in [0.5, 0.6) is 0 Å². The van der Waals surface area contributed by atoms with Crippen LogP contribution in [0.1, 0.15) is 51.9 Å².